The van der Waals surface area contributed by atoms with E-state index in [1.165, 1.54) is 4.68 Å². The molecule has 96 valence electrons. The molecule has 1 unspecified atom stereocenters. The predicted octanol–water partition coefficient (Wildman–Crippen LogP) is 1.36. The SMILES string of the molecule is CNC(CC(C)C)C(=O)n1nc(C)c(N)c1C. The van der Waals surface area contributed by atoms with E-state index in [9.17, 15) is 4.79 Å². The van der Waals surface area contributed by atoms with Crippen LogP contribution in [0.1, 0.15) is 36.5 Å². The molecule has 3 N–H and O–H groups in total. The molecule has 1 rings (SSSR count). The number of carbonyl (C=O) groups is 1. The highest BCUT2D eigenvalue weighted by Crippen LogP contribution is 2.16. The van der Waals surface area contributed by atoms with Crippen LogP contribution in [-0.4, -0.2) is 28.8 Å². The molecule has 1 aromatic rings. The van der Waals surface area contributed by atoms with Crippen LogP contribution in [0.4, 0.5) is 5.69 Å². The molecular weight excluding hydrogens is 216 g/mol. The quantitative estimate of drug-likeness (QED) is 0.830. The molecule has 0 aliphatic heterocycles. The van der Waals surface area contributed by atoms with Gasteiger partial charge >= 0.3 is 0 Å². The van der Waals surface area contributed by atoms with Crippen LogP contribution in [0.15, 0.2) is 0 Å². The first kappa shape index (κ1) is 13.7. The van der Waals surface area contributed by atoms with Gasteiger partial charge in [0.15, 0.2) is 0 Å². The highest BCUT2D eigenvalue weighted by Gasteiger charge is 2.23. The third-order valence-corrected chi connectivity index (χ3v) is 2.91. The molecule has 0 radical (unpaired) electrons. The Balaban J connectivity index is 2.98. The third-order valence-electron chi connectivity index (χ3n) is 2.91. The Labute approximate surface area is 102 Å². The minimum absolute atomic E-state index is 0.0431. The number of rotatable bonds is 4. The lowest BCUT2D eigenvalue weighted by Gasteiger charge is -2.17. The summed E-state index contributed by atoms with van der Waals surface area (Å²) in [5.74, 6) is 0.407. The summed E-state index contributed by atoms with van der Waals surface area (Å²) in [7, 11) is 1.79. The van der Waals surface area contributed by atoms with Crippen LogP contribution < -0.4 is 11.1 Å². The van der Waals surface area contributed by atoms with Gasteiger partial charge in [-0.25, -0.2) is 4.68 Å². The number of likely N-dealkylation sites (N-methyl/N-ethyl adjacent to an activating group) is 1. The van der Waals surface area contributed by atoms with Crippen molar-refractivity contribution in [3.8, 4) is 0 Å². The lowest BCUT2D eigenvalue weighted by Crippen LogP contribution is -2.39. The number of nitrogens with two attached hydrogens (primary N) is 1. The fraction of sp³-hybridized carbons (Fsp3) is 0.667. The van der Waals surface area contributed by atoms with Gasteiger partial charge in [-0.2, -0.15) is 5.10 Å². The molecular formula is C12H22N4O. The van der Waals surface area contributed by atoms with Crippen molar-refractivity contribution >= 4 is 11.6 Å². The number of hydrogen-bond donors (Lipinski definition) is 2. The summed E-state index contributed by atoms with van der Waals surface area (Å²) >= 11 is 0. The molecule has 0 saturated carbocycles. The summed E-state index contributed by atoms with van der Waals surface area (Å²) in [6, 6.07) is -0.215. The molecule has 5 nitrogen and oxygen atoms in total. The smallest absolute Gasteiger partial charge is 0.264 e. The van der Waals surface area contributed by atoms with Crippen molar-refractivity contribution in [1.82, 2.24) is 15.1 Å². The monoisotopic (exact) mass is 238 g/mol. The summed E-state index contributed by atoms with van der Waals surface area (Å²) < 4.78 is 1.41. The van der Waals surface area contributed by atoms with E-state index in [1.54, 1.807) is 7.05 Å². The fourth-order valence-electron chi connectivity index (χ4n) is 1.83. The summed E-state index contributed by atoms with van der Waals surface area (Å²) in [5, 5.41) is 7.22. The van der Waals surface area contributed by atoms with Gasteiger partial charge in [-0.15, -0.1) is 0 Å². The molecule has 1 aromatic heterocycles. The first-order valence-electron chi connectivity index (χ1n) is 5.91. The molecule has 5 heteroatoms. The van der Waals surface area contributed by atoms with Gasteiger partial charge in [0.1, 0.15) is 0 Å². The number of aromatic nitrogens is 2. The zero-order valence-corrected chi connectivity index (χ0v) is 11.2. The normalized spacial score (nSPS) is 13.1. The van der Waals surface area contributed by atoms with Gasteiger partial charge < -0.3 is 11.1 Å². The number of hydrogen-bond acceptors (Lipinski definition) is 4. The summed E-state index contributed by atoms with van der Waals surface area (Å²) in [4.78, 5) is 12.3. The number of aryl methyl sites for hydroxylation is 1. The molecule has 0 fully saturated rings. The molecule has 0 spiro atoms. The lowest BCUT2D eigenvalue weighted by molar-refractivity contribution is 0.0831. The van der Waals surface area contributed by atoms with E-state index in [0.717, 1.165) is 12.1 Å². The minimum atomic E-state index is -0.215. The molecule has 1 heterocycles. The summed E-state index contributed by atoms with van der Waals surface area (Å²) in [6.45, 7) is 7.80. The first-order valence-corrected chi connectivity index (χ1v) is 5.91. The Bertz CT molecular complexity index is 409. The van der Waals surface area contributed by atoms with Crippen molar-refractivity contribution in [2.24, 2.45) is 5.92 Å². The second kappa shape index (κ2) is 5.31. The van der Waals surface area contributed by atoms with Crippen LogP contribution in [0.3, 0.4) is 0 Å². The van der Waals surface area contributed by atoms with Gasteiger partial charge in [0, 0.05) is 0 Å². The minimum Gasteiger partial charge on any atom is -0.396 e. The van der Waals surface area contributed by atoms with Gasteiger partial charge in [-0.05, 0) is 33.2 Å². The van der Waals surface area contributed by atoms with E-state index in [0.29, 0.717) is 17.3 Å². The number of nitrogens with one attached hydrogen (secondary N) is 1. The molecule has 0 aromatic carbocycles. The second-order valence-electron chi connectivity index (χ2n) is 4.81. The van der Waals surface area contributed by atoms with E-state index in [1.807, 2.05) is 13.8 Å². The Morgan fingerprint density at radius 3 is 2.41 bits per heavy atom. The van der Waals surface area contributed by atoms with Crippen LogP contribution in [0.5, 0.6) is 0 Å². The van der Waals surface area contributed by atoms with Crippen LogP contribution in [0.25, 0.3) is 0 Å². The second-order valence-corrected chi connectivity index (χ2v) is 4.81. The maximum Gasteiger partial charge on any atom is 0.264 e. The van der Waals surface area contributed by atoms with Gasteiger partial charge in [0.2, 0.25) is 0 Å². The maximum absolute atomic E-state index is 12.3. The Hall–Kier alpha value is -1.36. The Morgan fingerprint density at radius 1 is 1.47 bits per heavy atom. The third kappa shape index (κ3) is 2.85. The van der Waals surface area contributed by atoms with Crippen LogP contribution >= 0.6 is 0 Å². The van der Waals surface area contributed by atoms with Crippen molar-refractivity contribution in [2.45, 2.75) is 40.2 Å². The highest BCUT2D eigenvalue weighted by atomic mass is 16.2. The van der Waals surface area contributed by atoms with Crippen molar-refractivity contribution < 1.29 is 4.79 Å². The van der Waals surface area contributed by atoms with Crippen molar-refractivity contribution in [3.05, 3.63) is 11.4 Å². The number of anilines is 1. The first-order chi connectivity index (χ1) is 7.88. The van der Waals surface area contributed by atoms with E-state index in [2.05, 4.69) is 24.3 Å². The molecule has 0 saturated heterocycles. The van der Waals surface area contributed by atoms with Crippen molar-refractivity contribution in [2.75, 3.05) is 12.8 Å². The largest absolute Gasteiger partial charge is 0.396 e. The number of nitrogen functional groups attached to an aromatic ring is 1. The summed E-state index contributed by atoms with van der Waals surface area (Å²) in [6.07, 6.45) is 0.785. The highest BCUT2D eigenvalue weighted by molar-refractivity contribution is 5.85. The van der Waals surface area contributed by atoms with Crippen LogP contribution in [-0.2, 0) is 0 Å². The lowest BCUT2D eigenvalue weighted by atomic mass is 10.0. The topological polar surface area (TPSA) is 72.9 Å². The van der Waals surface area contributed by atoms with Crippen molar-refractivity contribution in [1.29, 1.82) is 0 Å². The fourth-order valence-corrected chi connectivity index (χ4v) is 1.83. The van der Waals surface area contributed by atoms with Gasteiger partial charge in [-0.1, -0.05) is 13.8 Å². The predicted molar refractivity (Wildman–Crippen MR) is 69.0 cm³/mol. The molecule has 0 amide bonds. The Morgan fingerprint density at radius 2 is 2.06 bits per heavy atom. The maximum atomic E-state index is 12.3. The molecule has 0 aliphatic rings. The van der Waals surface area contributed by atoms with Crippen LogP contribution in [0, 0.1) is 19.8 Å². The zero-order valence-electron chi connectivity index (χ0n) is 11.2. The zero-order chi connectivity index (χ0) is 13.2. The van der Waals surface area contributed by atoms with Crippen molar-refractivity contribution in [3.63, 3.8) is 0 Å². The van der Waals surface area contributed by atoms with Gasteiger partial charge in [0.25, 0.3) is 5.91 Å². The van der Waals surface area contributed by atoms with Gasteiger partial charge in [0.05, 0.1) is 23.1 Å². The Kier molecular flexibility index (Phi) is 4.28. The molecule has 0 aliphatic carbocycles. The number of nitrogens with zero attached hydrogens (tertiary/aromatic N) is 2. The standard InChI is InChI=1S/C12H22N4O/c1-7(2)6-10(14-5)12(17)16-9(4)11(13)8(3)15-16/h7,10,14H,6,13H2,1-5H3. The van der Waals surface area contributed by atoms with Crippen LogP contribution in [0.2, 0.25) is 0 Å². The van der Waals surface area contributed by atoms with E-state index < -0.39 is 0 Å². The van der Waals surface area contributed by atoms with E-state index in [-0.39, 0.29) is 11.9 Å². The van der Waals surface area contributed by atoms with E-state index in [4.69, 9.17) is 5.73 Å². The average Bonchev–Trinajstić information content (AvgIpc) is 2.52. The molecule has 17 heavy (non-hydrogen) atoms. The average molecular weight is 238 g/mol. The number of carbonyl (C=O) groups excluding carboxylic acids is 1. The summed E-state index contributed by atoms with van der Waals surface area (Å²) in [5.41, 5.74) is 7.85. The molecule has 0 bridgehead atoms. The van der Waals surface area contributed by atoms with E-state index >= 15 is 0 Å². The molecule has 1 atom stereocenters. The van der Waals surface area contributed by atoms with Gasteiger partial charge in [-0.3, -0.25) is 4.79 Å².